The molecule has 1 saturated heterocycles. The van der Waals surface area contributed by atoms with Gasteiger partial charge in [-0.05, 0) is 42.5 Å². The molecular weight excluding hydrogens is 296 g/mol. The molecule has 24 heavy (non-hydrogen) atoms. The molecule has 0 aromatic heterocycles. The monoisotopic (exact) mass is 320 g/mol. The van der Waals surface area contributed by atoms with Gasteiger partial charge < -0.3 is 5.32 Å². The number of hydrogen-bond donors (Lipinski definition) is 1. The van der Waals surface area contributed by atoms with E-state index in [0.717, 1.165) is 31.7 Å². The van der Waals surface area contributed by atoms with Crippen molar-refractivity contribution in [2.75, 3.05) is 19.6 Å². The molecule has 1 unspecified atom stereocenters. The summed E-state index contributed by atoms with van der Waals surface area (Å²) in [5, 5.41) is 3.11. The number of likely N-dealkylation sites (tertiary alicyclic amines) is 1. The Bertz CT molecular complexity index is 783. The molecule has 1 N–H and O–H groups in total. The van der Waals surface area contributed by atoms with E-state index in [-0.39, 0.29) is 5.91 Å². The molecule has 2 heterocycles. The minimum atomic E-state index is 0.0843. The summed E-state index contributed by atoms with van der Waals surface area (Å²) in [5.74, 6) is 1.04. The Hall–Kier alpha value is -2.13. The Morgan fingerprint density at radius 1 is 1.12 bits per heavy atom. The number of rotatable bonds is 2. The largest absolute Gasteiger partial charge is 0.352 e. The highest BCUT2D eigenvalue weighted by Gasteiger charge is 2.37. The lowest BCUT2D eigenvalue weighted by molar-refractivity contribution is 0.0951. The van der Waals surface area contributed by atoms with E-state index in [4.69, 9.17) is 0 Å². The third-order valence-electron chi connectivity index (χ3n) is 5.54. The minimum absolute atomic E-state index is 0.0843. The first-order valence-corrected chi connectivity index (χ1v) is 8.77. The van der Waals surface area contributed by atoms with Crippen LogP contribution in [0.4, 0.5) is 0 Å². The van der Waals surface area contributed by atoms with Crippen molar-refractivity contribution in [3.8, 4) is 0 Å². The standard InChI is InChI=1S/C21H24N2O/c1-14-7-8-15(2)16(9-14)11-23-12-17-10-22-21(24)19-6-4-3-5-18(19)20(17)13-23/h3-9,17,20H,10-13H2,1-2H3,(H,22,24)/t17-,20?/m0/s1. The zero-order chi connectivity index (χ0) is 16.7. The van der Waals surface area contributed by atoms with Crippen molar-refractivity contribution in [3.05, 3.63) is 70.3 Å². The lowest BCUT2D eigenvalue weighted by Crippen LogP contribution is -2.29. The van der Waals surface area contributed by atoms with Gasteiger partial charge in [0.15, 0.2) is 0 Å². The van der Waals surface area contributed by atoms with E-state index >= 15 is 0 Å². The van der Waals surface area contributed by atoms with Gasteiger partial charge in [-0.1, -0.05) is 42.0 Å². The molecule has 4 rings (SSSR count). The number of aryl methyl sites for hydroxylation is 2. The second-order valence-corrected chi connectivity index (χ2v) is 7.29. The molecule has 2 atom stereocenters. The van der Waals surface area contributed by atoms with Crippen LogP contribution in [-0.2, 0) is 6.54 Å². The summed E-state index contributed by atoms with van der Waals surface area (Å²) < 4.78 is 0. The maximum atomic E-state index is 12.3. The van der Waals surface area contributed by atoms with Crippen LogP contribution in [0.25, 0.3) is 0 Å². The van der Waals surface area contributed by atoms with Gasteiger partial charge in [0.2, 0.25) is 0 Å². The summed E-state index contributed by atoms with van der Waals surface area (Å²) in [6.45, 7) is 8.20. The molecule has 3 heteroatoms. The van der Waals surface area contributed by atoms with Crippen LogP contribution in [-0.4, -0.2) is 30.4 Å². The molecule has 0 aliphatic carbocycles. The fraction of sp³-hybridized carbons (Fsp3) is 0.381. The Balaban J connectivity index is 1.59. The Morgan fingerprint density at radius 2 is 1.96 bits per heavy atom. The van der Waals surface area contributed by atoms with Crippen LogP contribution in [0.3, 0.4) is 0 Å². The minimum Gasteiger partial charge on any atom is -0.352 e. The lowest BCUT2D eigenvalue weighted by Gasteiger charge is -2.19. The molecule has 2 aliphatic heterocycles. The van der Waals surface area contributed by atoms with E-state index in [2.05, 4.69) is 54.4 Å². The highest BCUT2D eigenvalue weighted by molar-refractivity contribution is 5.96. The normalized spacial score (nSPS) is 23.3. The molecule has 0 bridgehead atoms. The molecule has 3 nitrogen and oxygen atoms in total. The van der Waals surface area contributed by atoms with E-state index in [9.17, 15) is 4.79 Å². The molecule has 2 aromatic rings. The Kier molecular flexibility index (Phi) is 3.89. The summed E-state index contributed by atoms with van der Waals surface area (Å²) in [7, 11) is 0. The van der Waals surface area contributed by atoms with Crippen LogP contribution in [0.1, 0.15) is 38.5 Å². The van der Waals surface area contributed by atoms with Crippen molar-refractivity contribution >= 4 is 5.91 Å². The summed E-state index contributed by atoms with van der Waals surface area (Å²) in [6.07, 6.45) is 0. The zero-order valence-electron chi connectivity index (χ0n) is 14.4. The SMILES string of the molecule is Cc1ccc(C)c(CN2CC3c4ccccc4C(=O)NC[C@H]3C2)c1. The number of fused-ring (bicyclic) bond motifs is 3. The predicted molar refractivity (Wildman–Crippen MR) is 96.2 cm³/mol. The number of nitrogens with one attached hydrogen (secondary N) is 1. The van der Waals surface area contributed by atoms with Gasteiger partial charge in [-0.2, -0.15) is 0 Å². The van der Waals surface area contributed by atoms with Crippen molar-refractivity contribution in [3.63, 3.8) is 0 Å². The van der Waals surface area contributed by atoms with Crippen molar-refractivity contribution < 1.29 is 4.79 Å². The van der Waals surface area contributed by atoms with E-state index in [1.165, 1.54) is 22.3 Å². The van der Waals surface area contributed by atoms with E-state index < -0.39 is 0 Å². The number of benzene rings is 2. The molecule has 2 aliphatic rings. The third kappa shape index (κ3) is 2.73. The molecule has 0 spiro atoms. The molecule has 124 valence electrons. The van der Waals surface area contributed by atoms with Gasteiger partial charge in [0.05, 0.1) is 0 Å². The van der Waals surface area contributed by atoms with Gasteiger partial charge >= 0.3 is 0 Å². The molecule has 2 aromatic carbocycles. The summed E-state index contributed by atoms with van der Waals surface area (Å²) in [6, 6.07) is 14.8. The molecule has 1 amide bonds. The van der Waals surface area contributed by atoms with E-state index in [0.29, 0.717) is 11.8 Å². The summed E-state index contributed by atoms with van der Waals surface area (Å²) in [5.41, 5.74) is 6.19. The van der Waals surface area contributed by atoms with Crippen LogP contribution >= 0.6 is 0 Å². The molecule has 1 fully saturated rings. The van der Waals surface area contributed by atoms with Gasteiger partial charge in [0, 0.05) is 37.7 Å². The second kappa shape index (κ2) is 6.06. The summed E-state index contributed by atoms with van der Waals surface area (Å²) in [4.78, 5) is 14.8. The average molecular weight is 320 g/mol. The quantitative estimate of drug-likeness (QED) is 0.921. The Labute approximate surface area is 143 Å². The van der Waals surface area contributed by atoms with Gasteiger partial charge in [-0.3, -0.25) is 9.69 Å². The highest BCUT2D eigenvalue weighted by Crippen LogP contribution is 2.36. The fourth-order valence-corrected chi connectivity index (χ4v) is 4.21. The predicted octanol–water partition coefficient (Wildman–Crippen LogP) is 3.26. The highest BCUT2D eigenvalue weighted by atomic mass is 16.1. The topological polar surface area (TPSA) is 32.3 Å². The van der Waals surface area contributed by atoms with Gasteiger partial charge in [0.1, 0.15) is 0 Å². The van der Waals surface area contributed by atoms with Crippen LogP contribution < -0.4 is 5.32 Å². The van der Waals surface area contributed by atoms with E-state index in [1.54, 1.807) is 0 Å². The maximum absolute atomic E-state index is 12.3. The van der Waals surface area contributed by atoms with Crippen LogP contribution in [0, 0.1) is 19.8 Å². The van der Waals surface area contributed by atoms with Crippen LogP contribution in [0.5, 0.6) is 0 Å². The Morgan fingerprint density at radius 3 is 2.83 bits per heavy atom. The van der Waals surface area contributed by atoms with Crippen LogP contribution in [0.15, 0.2) is 42.5 Å². The van der Waals surface area contributed by atoms with Crippen LogP contribution in [0.2, 0.25) is 0 Å². The number of carbonyl (C=O) groups is 1. The molecule has 0 radical (unpaired) electrons. The number of amides is 1. The third-order valence-corrected chi connectivity index (χ3v) is 5.54. The zero-order valence-corrected chi connectivity index (χ0v) is 14.4. The first kappa shape index (κ1) is 15.4. The number of nitrogens with zero attached hydrogens (tertiary/aromatic N) is 1. The van der Waals surface area contributed by atoms with Gasteiger partial charge in [-0.15, -0.1) is 0 Å². The van der Waals surface area contributed by atoms with Gasteiger partial charge in [-0.25, -0.2) is 0 Å². The number of carbonyl (C=O) groups excluding carboxylic acids is 1. The second-order valence-electron chi connectivity index (χ2n) is 7.29. The fourth-order valence-electron chi connectivity index (χ4n) is 4.21. The lowest BCUT2D eigenvalue weighted by atomic mass is 9.87. The van der Waals surface area contributed by atoms with E-state index in [1.807, 2.05) is 12.1 Å². The van der Waals surface area contributed by atoms with Crippen molar-refractivity contribution in [1.82, 2.24) is 10.2 Å². The van der Waals surface area contributed by atoms with Crippen molar-refractivity contribution in [2.24, 2.45) is 5.92 Å². The number of hydrogen-bond acceptors (Lipinski definition) is 2. The smallest absolute Gasteiger partial charge is 0.251 e. The molecular formula is C21H24N2O. The maximum Gasteiger partial charge on any atom is 0.251 e. The first-order chi connectivity index (χ1) is 11.6. The first-order valence-electron chi connectivity index (χ1n) is 8.77. The van der Waals surface area contributed by atoms with Crippen molar-refractivity contribution in [2.45, 2.75) is 26.3 Å². The average Bonchev–Trinajstić information content (AvgIpc) is 2.93. The molecule has 0 saturated carbocycles. The van der Waals surface area contributed by atoms with Crippen molar-refractivity contribution in [1.29, 1.82) is 0 Å². The summed E-state index contributed by atoms with van der Waals surface area (Å²) >= 11 is 0. The van der Waals surface area contributed by atoms with Gasteiger partial charge in [0.25, 0.3) is 5.91 Å².